The van der Waals surface area contributed by atoms with Gasteiger partial charge in [-0.05, 0) is 12.1 Å². The van der Waals surface area contributed by atoms with Crippen molar-refractivity contribution in [3.63, 3.8) is 0 Å². The maximum Gasteiger partial charge on any atom is 0.162 e. The zero-order chi connectivity index (χ0) is 16.4. The van der Waals surface area contributed by atoms with Gasteiger partial charge in [0.15, 0.2) is 11.5 Å². The van der Waals surface area contributed by atoms with Crippen LogP contribution in [0.25, 0.3) is 10.9 Å². The zero-order valence-electron chi connectivity index (χ0n) is 12.5. The van der Waals surface area contributed by atoms with E-state index >= 15 is 0 Å². The molecule has 0 atom stereocenters. The predicted octanol–water partition coefficient (Wildman–Crippen LogP) is 3.24. The molecule has 0 amide bonds. The van der Waals surface area contributed by atoms with Crippen LogP contribution in [0, 0.1) is 5.82 Å². The van der Waals surface area contributed by atoms with Gasteiger partial charge in [-0.15, -0.1) is 0 Å². The number of benzene rings is 2. The summed E-state index contributed by atoms with van der Waals surface area (Å²) in [6, 6.07) is 7.14. The molecule has 3 rings (SSSR count). The molecule has 3 aromatic rings. The fourth-order valence-electron chi connectivity index (χ4n) is 2.27. The van der Waals surface area contributed by atoms with Gasteiger partial charge in [0.2, 0.25) is 0 Å². The van der Waals surface area contributed by atoms with Gasteiger partial charge in [-0.1, -0.05) is 0 Å². The first-order valence-corrected chi connectivity index (χ1v) is 6.74. The van der Waals surface area contributed by atoms with E-state index in [1.807, 2.05) is 0 Å². The molecule has 0 fully saturated rings. The molecule has 0 aliphatic carbocycles. The van der Waals surface area contributed by atoms with Crippen molar-refractivity contribution < 1.29 is 19.0 Å². The van der Waals surface area contributed by atoms with E-state index in [1.54, 1.807) is 19.2 Å². The number of nitrogens with one attached hydrogen (secondary N) is 1. The number of phenols is 1. The number of rotatable bonds is 4. The summed E-state index contributed by atoms with van der Waals surface area (Å²) in [5, 5.41) is 13.1. The van der Waals surface area contributed by atoms with Crippen LogP contribution in [0.1, 0.15) is 0 Å². The van der Waals surface area contributed by atoms with E-state index in [9.17, 15) is 9.50 Å². The summed E-state index contributed by atoms with van der Waals surface area (Å²) in [5.41, 5.74) is 1.01. The molecule has 0 spiro atoms. The average Bonchev–Trinajstić information content (AvgIpc) is 2.53. The summed E-state index contributed by atoms with van der Waals surface area (Å²) in [5.74, 6) is 0.809. The number of aromatic nitrogens is 2. The van der Waals surface area contributed by atoms with Crippen molar-refractivity contribution in [2.24, 2.45) is 0 Å². The maximum absolute atomic E-state index is 13.4. The molecule has 7 heteroatoms. The number of fused-ring (bicyclic) bond motifs is 1. The van der Waals surface area contributed by atoms with Crippen LogP contribution in [-0.2, 0) is 0 Å². The number of methoxy groups -OCH3 is 2. The minimum absolute atomic E-state index is 0.176. The van der Waals surface area contributed by atoms with Gasteiger partial charge in [0, 0.05) is 29.3 Å². The Morgan fingerprint density at radius 2 is 1.74 bits per heavy atom. The lowest BCUT2D eigenvalue weighted by atomic mass is 10.2. The van der Waals surface area contributed by atoms with Gasteiger partial charge >= 0.3 is 0 Å². The minimum Gasteiger partial charge on any atom is -0.508 e. The van der Waals surface area contributed by atoms with E-state index in [1.165, 1.54) is 25.6 Å². The smallest absolute Gasteiger partial charge is 0.162 e. The van der Waals surface area contributed by atoms with Gasteiger partial charge in [-0.25, -0.2) is 14.4 Å². The van der Waals surface area contributed by atoms with Gasteiger partial charge in [0.25, 0.3) is 0 Å². The van der Waals surface area contributed by atoms with Gasteiger partial charge in [-0.2, -0.15) is 0 Å². The molecule has 118 valence electrons. The summed E-state index contributed by atoms with van der Waals surface area (Å²) in [6.45, 7) is 0. The Hall–Kier alpha value is -3.09. The lowest BCUT2D eigenvalue weighted by Crippen LogP contribution is -1.98. The molecule has 1 heterocycles. The van der Waals surface area contributed by atoms with Gasteiger partial charge in [0.1, 0.15) is 23.7 Å². The molecule has 0 unspecified atom stereocenters. The lowest BCUT2D eigenvalue weighted by Gasteiger charge is -2.12. The standard InChI is InChI=1S/C16H14FN3O3/c1-22-14-6-12-13(7-15(14)23-2)18-8-19-16(12)20-10-3-9(17)4-11(21)5-10/h3-8,21H,1-2H3,(H,18,19,20). The van der Waals surface area contributed by atoms with E-state index < -0.39 is 5.82 Å². The quantitative estimate of drug-likeness (QED) is 0.770. The molecule has 0 radical (unpaired) electrons. The number of ether oxygens (including phenoxy) is 2. The molecule has 2 aromatic carbocycles. The summed E-state index contributed by atoms with van der Waals surface area (Å²) < 4.78 is 23.9. The molecule has 0 aliphatic rings. The number of nitrogens with zero attached hydrogens (tertiary/aromatic N) is 2. The number of hydrogen-bond acceptors (Lipinski definition) is 6. The van der Waals surface area contributed by atoms with Crippen LogP contribution in [0.15, 0.2) is 36.7 Å². The normalized spacial score (nSPS) is 10.6. The topological polar surface area (TPSA) is 76.5 Å². The number of phenolic OH excluding ortho intramolecular Hbond substituents is 1. The Bertz CT molecular complexity index is 850. The number of aromatic hydroxyl groups is 1. The van der Waals surface area contributed by atoms with E-state index in [4.69, 9.17) is 9.47 Å². The maximum atomic E-state index is 13.4. The fourth-order valence-corrected chi connectivity index (χ4v) is 2.27. The summed E-state index contributed by atoms with van der Waals surface area (Å²) in [7, 11) is 3.07. The van der Waals surface area contributed by atoms with Gasteiger partial charge < -0.3 is 19.9 Å². The van der Waals surface area contributed by atoms with Crippen LogP contribution in [0.4, 0.5) is 15.9 Å². The molecule has 0 saturated carbocycles. The number of hydrogen-bond donors (Lipinski definition) is 2. The Morgan fingerprint density at radius 3 is 2.43 bits per heavy atom. The van der Waals surface area contributed by atoms with Crippen LogP contribution in [-0.4, -0.2) is 29.3 Å². The lowest BCUT2D eigenvalue weighted by molar-refractivity contribution is 0.356. The van der Waals surface area contributed by atoms with Crippen molar-refractivity contribution in [3.8, 4) is 17.2 Å². The summed E-state index contributed by atoms with van der Waals surface area (Å²) >= 11 is 0. The second-order valence-corrected chi connectivity index (χ2v) is 4.77. The number of anilines is 2. The second-order valence-electron chi connectivity index (χ2n) is 4.77. The van der Waals surface area contributed by atoms with Crippen LogP contribution >= 0.6 is 0 Å². The molecule has 1 aromatic heterocycles. The van der Waals surface area contributed by atoms with Crippen molar-refractivity contribution in [1.82, 2.24) is 9.97 Å². The van der Waals surface area contributed by atoms with Crippen molar-refractivity contribution in [3.05, 3.63) is 42.5 Å². The first kappa shape index (κ1) is 14.8. The Balaban J connectivity index is 2.10. The van der Waals surface area contributed by atoms with Crippen LogP contribution in [0.3, 0.4) is 0 Å². The van der Waals surface area contributed by atoms with Crippen LogP contribution < -0.4 is 14.8 Å². The zero-order valence-corrected chi connectivity index (χ0v) is 12.5. The van der Waals surface area contributed by atoms with E-state index in [-0.39, 0.29) is 5.75 Å². The highest BCUT2D eigenvalue weighted by Crippen LogP contribution is 2.34. The van der Waals surface area contributed by atoms with E-state index in [0.29, 0.717) is 33.9 Å². The van der Waals surface area contributed by atoms with E-state index in [2.05, 4.69) is 15.3 Å². The molecular formula is C16H14FN3O3. The fraction of sp³-hybridized carbons (Fsp3) is 0.125. The predicted molar refractivity (Wildman–Crippen MR) is 84.0 cm³/mol. The van der Waals surface area contributed by atoms with Gasteiger partial charge in [0.05, 0.1) is 19.7 Å². The van der Waals surface area contributed by atoms with Crippen LogP contribution in [0.2, 0.25) is 0 Å². The summed E-state index contributed by atoms with van der Waals surface area (Å²) in [4.78, 5) is 8.36. The first-order valence-electron chi connectivity index (χ1n) is 6.74. The third-order valence-corrected chi connectivity index (χ3v) is 3.29. The molecule has 0 bridgehead atoms. The minimum atomic E-state index is -0.551. The van der Waals surface area contributed by atoms with Crippen molar-refractivity contribution >= 4 is 22.4 Å². The molecule has 0 saturated heterocycles. The monoisotopic (exact) mass is 315 g/mol. The Kier molecular flexibility index (Phi) is 3.84. The Labute approximate surface area is 131 Å². The number of halogens is 1. The van der Waals surface area contributed by atoms with Crippen molar-refractivity contribution in [2.45, 2.75) is 0 Å². The molecule has 6 nitrogen and oxygen atoms in total. The van der Waals surface area contributed by atoms with Gasteiger partial charge in [-0.3, -0.25) is 0 Å². The second kappa shape index (κ2) is 5.96. The van der Waals surface area contributed by atoms with Crippen molar-refractivity contribution in [1.29, 1.82) is 0 Å². The SMILES string of the molecule is COc1cc2ncnc(Nc3cc(O)cc(F)c3)c2cc1OC. The highest BCUT2D eigenvalue weighted by Gasteiger charge is 2.11. The third-order valence-electron chi connectivity index (χ3n) is 3.29. The highest BCUT2D eigenvalue weighted by atomic mass is 19.1. The third kappa shape index (κ3) is 2.94. The summed E-state index contributed by atoms with van der Waals surface area (Å²) in [6.07, 6.45) is 1.38. The van der Waals surface area contributed by atoms with Crippen LogP contribution in [0.5, 0.6) is 17.2 Å². The largest absolute Gasteiger partial charge is 0.508 e. The molecular weight excluding hydrogens is 301 g/mol. The molecule has 0 aliphatic heterocycles. The Morgan fingerprint density at radius 1 is 1.00 bits per heavy atom. The first-order chi connectivity index (χ1) is 11.1. The van der Waals surface area contributed by atoms with Crippen molar-refractivity contribution in [2.75, 3.05) is 19.5 Å². The highest BCUT2D eigenvalue weighted by molar-refractivity contribution is 5.93. The molecule has 23 heavy (non-hydrogen) atoms. The van der Waals surface area contributed by atoms with E-state index in [0.717, 1.165) is 6.07 Å². The molecule has 2 N–H and O–H groups in total. The average molecular weight is 315 g/mol.